The van der Waals surface area contributed by atoms with Crippen LogP contribution >= 0.6 is 11.3 Å². The average Bonchev–Trinajstić information content (AvgIpc) is 3.07. The van der Waals surface area contributed by atoms with Gasteiger partial charge < -0.3 is 16.4 Å². The number of hydrogen-bond donors (Lipinski definition) is 3. The molecule has 0 bridgehead atoms. The van der Waals surface area contributed by atoms with E-state index in [4.69, 9.17) is 5.73 Å². The van der Waals surface area contributed by atoms with E-state index in [2.05, 4.69) is 15.6 Å². The second kappa shape index (κ2) is 5.13. The monoisotopic (exact) mass is 254 g/mol. The van der Waals surface area contributed by atoms with Crippen molar-refractivity contribution in [2.45, 2.75) is 12.8 Å². The van der Waals surface area contributed by atoms with Crippen molar-refractivity contribution in [1.82, 2.24) is 15.6 Å². The molecule has 7 heteroatoms. The van der Waals surface area contributed by atoms with Crippen LogP contribution in [-0.2, 0) is 4.79 Å². The SMILES string of the molecule is Nc1nc(C(=O)NCCNC(=O)C2CC2)cs1. The molecule has 1 aliphatic rings. The standard InChI is InChI=1S/C10H14N4O2S/c11-10-14-7(5-17-10)9(16)13-4-3-12-8(15)6-1-2-6/h5-6H,1-4H2,(H2,11,14)(H,12,15)(H,13,16). The molecule has 4 N–H and O–H groups in total. The van der Waals surface area contributed by atoms with E-state index in [0.717, 1.165) is 12.8 Å². The molecule has 2 amide bonds. The second-order valence-electron chi connectivity index (χ2n) is 3.89. The third-order valence-electron chi connectivity index (χ3n) is 2.41. The number of carbonyl (C=O) groups excluding carboxylic acids is 2. The lowest BCUT2D eigenvalue weighted by Crippen LogP contribution is -2.35. The average molecular weight is 254 g/mol. The van der Waals surface area contributed by atoms with E-state index >= 15 is 0 Å². The number of thiazole rings is 1. The highest BCUT2D eigenvalue weighted by atomic mass is 32.1. The van der Waals surface area contributed by atoms with E-state index in [1.165, 1.54) is 11.3 Å². The summed E-state index contributed by atoms with van der Waals surface area (Å²) in [6, 6.07) is 0. The molecule has 1 aliphatic carbocycles. The number of nitrogens with one attached hydrogen (secondary N) is 2. The van der Waals surface area contributed by atoms with Crippen LogP contribution in [0.2, 0.25) is 0 Å². The number of nitrogens with two attached hydrogens (primary N) is 1. The Balaban J connectivity index is 1.64. The predicted molar refractivity (Wildman–Crippen MR) is 64.6 cm³/mol. The molecule has 0 atom stereocenters. The highest BCUT2D eigenvalue weighted by molar-refractivity contribution is 7.13. The van der Waals surface area contributed by atoms with Crippen LogP contribution in [0.4, 0.5) is 5.13 Å². The lowest BCUT2D eigenvalue weighted by molar-refractivity contribution is -0.122. The van der Waals surface area contributed by atoms with Gasteiger partial charge in [-0.3, -0.25) is 9.59 Å². The van der Waals surface area contributed by atoms with Crippen molar-refractivity contribution < 1.29 is 9.59 Å². The molecule has 0 radical (unpaired) electrons. The van der Waals surface area contributed by atoms with Gasteiger partial charge in [0.25, 0.3) is 5.91 Å². The number of aromatic nitrogens is 1. The van der Waals surface area contributed by atoms with Crippen LogP contribution in [0, 0.1) is 5.92 Å². The highest BCUT2D eigenvalue weighted by Gasteiger charge is 2.28. The van der Waals surface area contributed by atoms with Gasteiger partial charge in [-0.25, -0.2) is 4.98 Å². The van der Waals surface area contributed by atoms with Crippen molar-refractivity contribution >= 4 is 28.3 Å². The minimum Gasteiger partial charge on any atom is -0.375 e. The van der Waals surface area contributed by atoms with Gasteiger partial charge in [-0.15, -0.1) is 11.3 Å². The molecule has 0 spiro atoms. The van der Waals surface area contributed by atoms with E-state index in [1.54, 1.807) is 5.38 Å². The van der Waals surface area contributed by atoms with Gasteiger partial charge >= 0.3 is 0 Å². The normalized spacial score (nSPS) is 14.4. The van der Waals surface area contributed by atoms with Gasteiger partial charge in [0, 0.05) is 24.4 Å². The Hall–Kier alpha value is -1.63. The molecule has 1 aromatic rings. The summed E-state index contributed by atoms with van der Waals surface area (Å²) >= 11 is 1.23. The smallest absolute Gasteiger partial charge is 0.270 e. The Kier molecular flexibility index (Phi) is 3.58. The summed E-state index contributed by atoms with van der Waals surface area (Å²) in [5.74, 6) is 0.0137. The zero-order chi connectivity index (χ0) is 12.3. The lowest BCUT2D eigenvalue weighted by atomic mass is 10.4. The first kappa shape index (κ1) is 11.8. The van der Waals surface area contributed by atoms with Crippen molar-refractivity contribution in [2.24, 2.45) is 5.92 Å². The quantitative estimate of drug-likeness (QED) is 0.643. The fourth-order valence-electron chi connectivity index (χ4n) is 1.33. The number of nitrogens with zero attached hydrogens (tertiary/aromatic N) is 1. The fraction of sp³-hybridized carbons (Fsp3) is 0.500. The van der Waals surface area contributed by atoms with Crippen LogP contribution in [0.25, 0.3) is 0 Å². The zero-order valence-corrected chi connectivity index (χ0v) is 10.0. The third-order valence-corrected chi connectivity index (χ3v) is 3.09. The number of amides is 2. The van der Waals surface area contributed by atoms with Crippen LogP contribution in [-0.4, -0.2) is 29.9 Å². The second-order valence-corrected chi connectivity index (χ2v) is 4.78. The molecule has 0 aliphatic heterocycles. The first-order valence-corrected chi connectivity index (χ1v) is 6.31. The number of anilines is 1. The molecule has 1 aromatic heterocycles. The molecule has 0 aromatic carbocycles. The largest absolute Gasteiger partial charge is 0.375 e. The number of rotatable bonds is 5. The van der Waals surface area contributed by atoms with Gasteiger partial charge in [-0.05, 0) is 12.8 Å². The number of nitrogen functional groups attached to an aromatic ring is 1. The Labute approximate surface area is 103 Å². The summed E-state index contributed by atoms with van der Waals surface area (Å²) in [5.41, 5.74) is 5.74. The summed E-state index contributed by atoms with van der Waals surface area (Å²) in [7, 11) is 0. The van der Waals surface area contributed by atoms with Crippen LogP contribution in [0.15, 0.2) is 5.38 Å². The number of hydrogen-bond acceptors (Lipinski definition) is 5. The third kappa shape index (κ3) is 3.42. The van der Waals surface area contributed by atoms with Crippen LogP contribution in [0.3, 0.4) is 0 Å². The molecule has 6 nitrogen and oxygen atoms in total. The van der Waals surface area contributed by atoms with Crippen molar-refractivity contribution in [3.63, 3.8) is 0 Å². The molecule has 92 valence electrons. The lowest BCUT2D eigenvalue weighted by Gasteiger charge is -2.05. The van der Waals surface area contributed by atoms with Gasteiger partial charge in [-0.2, -0.15) is 0 Å². The van der Waals surface area contributed by atoms with Crippen molar-refractivity contribution in [1.29, 1.82) is 0 Å². The first-order chi connectivity index (χ1) is 8.16. The van der Waals surface area contributed by atoms with Gasteiger partial charge in [0.1, 0.15) is 5.69 Å². The van der Waals surface area contributed by atoms with E-state index in [9.17, 15) is 9.59 Å². The van der Waals surface area contributed by atoms with E-state index in [1.807, 2.05) is 0 Å². The summed E-state index contributed by atoms with van der Waals surface area (Å²) in [5, 5.41) is 7.40. The molecule has 0 saturated heterocycles. The number of carbonyl (C=O) groups is 2. The van der Waals surface area contributed by atoms with Gasteiger partial charge in [0.15, 0.2) is 5.13 Å². The van der Waals surface area contributed by atoms with Gasteiger partial charge in [-0.1, -0.05) is 0 Å². The maximum Gasteiger partial charge on any atom is 0.270 e. The molecule has 0 unspecified atom stereocenters. The Morgan fingerprint density at radius 1 is 1.41 bits per heavy atom. The maximum absolute atomic E-state index is 11.5. The minimum absolute atomic E-state index is 0.0807. The van der Waals surface area contributed by atoms with E-state index < -0.39 is 0 Å². The Morgan fingerprint density at radius 2 is 2.12 bits per heavy atom. The molecular weight excluding hydrogens is 240 g/mol. The molecule has 17 heavy (non-hydrogen) atoms. The Bertz CT molecular complexity index is 428. The molecule has 2 rings (SSSR count). The molecule has 1 heterocycles. The summed E-state index contributed by atoms with van der Waals surface area (Å²) in [6.07, 6.45) is 1.96. The van der Waals surface area contributed by atoms with Gasteiger partial charge in [0.2, 0.25) is 5.91 Å². The van der Waals surface area contributed by atoms with Crippen LogP contribution in [0.5, 0.6) is 0 Å². The van der Waals surface area contributed by atoms with Crippen LogP contribution in [0.1, 0.15) is 23.3 Å². The predicted octanol–water partition coefficient (Wildman–Crippen LogP) is -0.0187. The minimum atomic E-state index is -0.265. The maximum atomic E-state index is 11.5. The van der Waals surface area contributed by atoms with Crippen LogP contribution < -0.4 is 16.4 Å². The topological polar surface area (TPSA) is 97.1 Å². The van der Waals surface area contributed by atoms with E-state index in [-0.39, 0.29) is 17.7 Å². The summed E-state index contributed by atoms with van der Waals surface area (Å²) < 4.78 is 0. The summed E-state index contributed by atoms with van der Waals surface area (Å²) in [6.45, 7) is 0.843. The fourth-order valence-corrected chi connectivity index (χ4v) is 1.88. The highest BCUT2D eigenvalue weighted by Crippen LogP contribution is 2.28. The Morgan fingerprint density at radius 3 is 2.71 bits per heavy atom. The summed E-state index contributed by atoms with van der Waals surface area (Å²) in [4.78, 5) is 26.6. The van der Waals surface area contributed by atoms with Crippen molar-refractivity contribution in [2.75, 3.05) is 18.8 Å². The molecular formula is C10H14N4O2S. The molecule has 1 saturated carbocycles. The van der Waals surface area contributed by atoms with Gasteiger partial charge in [0.05, 0.1) is 0 Å². The molecule has 1 fully saturated rings. The zero-order valence-electron chi connectivity index (χ0n) is 9.23. The van der Waals surface area contributed by atoms with Crippen molar-refractivity contribution in [3.8, 4) is 0 Å². The van der Waals surface area contributed by atoms with Crippen molar-refractivity contribution in [3.05, 3.63) is 11.1 Å². The first-order valence-electron chi connectivity index (χ1n) is 5.43. The van der Waals surface area contributed by atoms with E-state index in [0.29, 0.717) is 23.9 Å².